The molecule has 0 bridgehead atoms. The van der Waals surface area contributed by atoms with Crippen molar-refractivity contribution in [2.24, 2.45) is 0 Å². The molecule has 0 aliphatic heterocycles. The highest BCUT2D eigenvalue weighted by molar-refractivity contribution is 7.16. The molecule has 0 saturated heterocycles. The molecule has 0 N–H and O–H groups in total. The lowest BCUT2D eigenvalue weighted by Gasteiger charge is -1.84. The Morgan fingerprint density at radius 1 is 1.30 bits per heavy atom. The van der Waals surface area contributed by atoms with Crippen LogP contribution in [0.25, 0.3) is 10.1 Å². The quantitative estimate of drug-likeness (QED) is 0.543. The maximum atomic E-state index is 12.7. The van der Waals surface area contributed by atoms with Gasteiger partial charge in [0.1, 0.15) is 0 Å². The molecule has 0 spiro atoms. The maximum Gasteiger partial charge on any atom is 0.150 e. The summed E-state index contributed by atoms with van der Waals surface area (Å²) in [5.41, 5.74) is 0. The fraction of sp³-hybridized carbons (Fsp3) is 0. The van der Waals surface area contributed by atoms with Crippen molar-refractivity contribution in [3.63, 3.8) is 0 Å². The van der Waals surface area contributed by atoms with Gasteiger partial charge >= 0.3 is 0 Å². The van der Waals surface area contributed by atoms with E-state index in [1.807, 2.05) is 18.2 Å². The normalized spacial score (nSPS) is 10.5. The number of benzene rings is 1. The van der Waals surface area contributed by atoms with Gasteiger partial charge in [-0.25, -0.2) is 4.39 Å². The zero-order valence-corrected chi connectivity index (χ0v) is 5.91. The average Bonchev–Trinajstić information content (AvgIpc) is 2.34. The Kier molecular flexibility index (Phi) is 1.21. The molecule has 0 aliphatic carbocycles. The second-order valence-electron chi connectivity index (χ2n) is 2.01. The maximum absolute atomic E-state index is 12.7. The molecule has 0 aliphatic rings. The van der Waals surface area contributed by atoms with Crippen LogP contribution in [-0.4, -0.2) is 0 Å². The van der Waals surface area contributed by atoms with Crippen molar-refractivity contribution in [3.05, 3.63) is 35.5 Å². The second kappa shape index (κ2) is 2.06. The van der Waals surface area contributed by atoms with Gasteiger partial charge in [-0.1, -0.05) is 18.2 Å². The van der Waals surface area contributed by atoms with Gasteiger partial charge in [0.25, 0.3) is 0 Å². The molecule has 0 unspecified atom stereocenters. The summed E-state index contributed by atoms with van der Waals surface area (Å²) in [6.07, 6.45) is 0. The molecule has 0 nitrogen and oxygen atoms in total. The molecule has 2 rings (SSSR count). The summed E-state index contributed by atoms with van der Waals surface area (Å²) in [6.45, 7) is 0. The molecule has 2 aromatic rings. The standard InChI is InChI=1S/C8H4FS/c9-7-5-10-8-4-2-1-3-6(7)8/h1-4H. The van der Waals surface area contributed by atoms with Crippen LogP contribution < -0.4 is 0 Å². The summed E-state index contributed by atoms with van der Waals surface area (Å²) in [5.74, 6) is -0.236. The first-order valence-corrected chi connectivity index (χ1v) is 3.74. The van der Waals surface area contributed by atoms with Crippen molar-refractivity contribution in [1.82, 2.24) is 0 Å². The molecule has 0 saturated carbocycles. The van der Waals surface area contributed by atoms with Crippen molar-refractivity contribution in [1.29, 1.82) is 0 Å². The van der Waals surface area contributed by atoms with E-state index in [4.69, 9.17) is 0 Å². The highest BCUT2D eigenvalue weighted by Crippen LogP contribution is 2.22. The van der Waals surface area contributed by atoms with Gasteiger partial charge in [0.15, 0.2) is 5.82 Å². The van der Waals surface area contributed by atoms with Gasteiger partial charge in [0.05, 0.1) is 5.38 Å². The molecule has 1 radical (unpaired) electrons. The molecule has 0 amide bonds. The zero-order chi connectivity index (χ0) is 6.97. The average molecular weight is 151 g/mol. The van der Waals surface area contributed by atoms with Crippen LogP contribution in [0, 0.1) is 11.2 Å². The zero-order valence-electron chi connectivity index (χ0n) is 5.10. The third-order valence-corrected chi connectivity index (χ3v) is 2.23. The summed E-state index contributed by atoms with van der Waals surface area (Å²) in [4.78, 5) is 0. The van der Waals surface area contributed by atoms with Crippen molar-refractivity contribution >= 4 is 21.4 Å². The Morgan fingerprint density at radius 2 is 2.10 bits per heavy atom. The van der Waals surface area contributed by atoms with Crippen LogP contribution in [0.3, 0.4) is 0 Å². The molecule has 1 heterocycles. The highest BCUT2D eigenvalue weighted by atomic mass is 32.1. The van der Waals surface area contributed by atoms with E-state index in [-0.39, 0.29) is 5.82 Å². The molecular weight excluding hydrogens is 147 g/mol. The van der Waals surface area contributed by atoms with Crippen LogP contribution in [0.1, 0.15) is 0 Å². The van der Waals surface area contributed by atoms with E-state index in [0.29, 0.717) is 5.39 Å². The van der Waals surface area contributed by atoms with Gasteiger partial charge in [-0.2, -0.15) is 0 Å². The van der Waals surface area contributed by atoms with Gasteiger partial charge in [0, 0.05) is 10.1 Å². The third-order valence-electron chi connectivity index (χ3n) is 1.37. The number of hydrogen-bond acceptors (Lipinski definition) is 1. The summed E-state index contributed by atoms with van der Waals surface area (Å²) in [5, 5.41) is 3.23. The SMILES string of the molecule is Fc1[c]sc2ccccc12. The van der Waals surface area contributed by atoms with Crippen molar-refractivity contribution in [2.45, 2.75) is 0 Å². The van der Waals surface area contributed by atoms with Crippen molar-refractivity contribution < 1.29 is 4.39 Å². The van der Waals surface area contributed by atoms with Gasteiger partial charge in [-0.3, -0.25) is 0 Å². The van der Waals surface area contributed by atoms with Crippen LogP contribution in [-0.2, 0) is 0 Å². The van der Waals surface area contributed by atoms with Gasteiger partial charge in [-0.05, 0) is 6.07 Å². The second-order valence-corrected chi connectivity index (χ2v) is 2.86. The van der Waals surface area contributed by atoms with Gasteiger partial charge in [0.2, 0.25) is 0 Å². The lowest BCUT2D eigenvalue weighted by molar-refractivity contribution is 0.642. The van der Waals surface area contributed by atoms with Crippen LogP contribution in [0.5, 0.6) is 0 Å². The van der Waals surface area contributed by atoms with E-state index in [2.05, 4.69) is 5.38 Å². The molecule has 10 heavy (non-hydrogen) atoms. The molecule has 49 valence electrons. The monoisotopic (exact) mass is 151 g/mol. The van der Waals surface area contributed by atoms with Crippen LogP contribution >= 0.6 is 11.3 Å². The largest absolute Gasteiger partial charge is 0.205 e. The van der Waals surface area contributed by atoms with Crippen molar-refractivity contribution in [2.75, 3.05) is 0 Å². The third kappa shape index (κ3) is 0.727. The van der Waals surface area contributed by atoms with Crippen LogP contribution in [0.4, 0.5) is 4.39 Å². The number of thiophene rings is 1. The van der Waals surface area contributed by atoms with Crippen molar-refractivity contribution in [3.8, 4) is 0 Å². The Balaban J connectivity index is 2.93. The van der Waals surface area contributed by atoms with Gasteiger partial charge in [-0.15, -0.1) is 11.3 Å². The fourth-order valence-corrected chi connectivity index (χ4v) is 1.62. The lowest BCUT2D eigenvalue weighted by Crippen LogP contribution is -1.64. The minimum absolute atomic E-state index is 0.236. The minimum Gasteiger partial charge on any atom is -0.205 e. The predicted octanol–water partition coefficient (Wildman–Crippen LogP) is 2.84. The van der Waals surface area contributed by atoms with Crippen LogP contribution in [0.2, 0.25) is 0 Å². The van der Waals surface area contributed by atoms with E-state index in [9.17, 15) is 4.39 Å². The van der Waals surface area contributed by atoms with E-state index < -0.39 is 0 Å². The minimum atomic E-state index is -0.236. The van der Waals surface area contributed by atoms with E-state index >= 15 is 0 Å². The van der Waals surface area contributed by atoms with E-state index in [0.717, 1.165) is 4.70 Å². The molecular formula is C8H4FS. The Morgan fingerprint density at radius 3 is 2.90 bits per heavy atom. The van der Waals surface area contributed by atoms with E-state index in [1.54, 1.807) is 6.07 Å². The van der Waals surface area contributed by atoms with E-state index in [1.165, 1.54) is 11.3 Å². The molecule has 2 heteroatoms. The predicted molar refractivity (Wildman–Crippen MR) is 40.6 cm³/mol. The summed E-state index contributed by atoms with van der Waals surface area (Å²) in [7, 11) is 0. The lowest BCUT2D eigenvalue weighted by atomic mass is 10.3. The topological polar surface area (TPSA) is 0 Å². The Labute approximate surface area is 61.9 Å². The number of fused-ring (bicyclic) bond motifs is 1. The Hall–Kier alpha value is -0.890. The summed E-state index contributed by atoms with van der Waals surface area (Å²) < 4.78 is 13.7. The first-order valence-electron chi connectivity index (χ1n) is 2.92. The first kappa shape index (κ1) is 5.86. The molecule has 1 aromatic carbocycles. The molecule has 0 atom stereocenters. The van der Waals surface area contributed by atoms with Gasteiger partial charge < -0.3 is 0 Å². The summed E-state index contributed by atoms with van der Waals surface area (Å²) >= 11 is 1.31. The number of hydrogen-bond donors (Lipinski definition) is 0. The Bertz CT molecular complexity index is 351. The highest BCUT2D eigenvalue weighted by Gasteiger charge is 1.99. The number of halogens is 1. The molecule has 0 fully saturated rings. The summed E-state index contributed by atoms with van der Waals surface area (Å²) in [6, 6.07) is 7.37. The fourth-order valence-electron chi connectivity index (χ4n) is 0.892. The van der Waals surface area contributed by atoms with Crippen LogP contribution in [0.15, 0.2) is 24.3 Å². The first-order chi connectivity index (χ1) is 4.88. The number of rotatable bonds is 0. The molecule has 1 aromatic heterocycles. The smallest absolute Gasteiger partial charge is 0.150 e.